The maximum absolute atomic E-state index is 12.0. The minimum Gasteiger partial charge on any atom is -0.297 e. The predicted molar refractivity (Wildman–Crippen MR) is 71.3 cm³/mol. The van der Waals surface area contributed by atoms with Crippen molar-refractivity contribution in [3.05, 3.63) is 62.8 Å². The molecule has 1 aromatic carbocycles. The number of hydrogen-bond acceptors (Lipinski definition) is 3. The Morgan fingerprint density at radius 1 is 1.21 bits per heavy atom. The Kier molecular flexibility index (Phi) is 3.50. The van der Waals surface area contributed by atoms with Gasteiger partial charge in [0.05, 0.1) is 11.5 Å². The Hall–Kier alpha value is -2.37. The van der Waals surface area contributed by atoms with Crippen LogP contribution in [0, 0.1) is 10.1 Å². The Bertz CT molecular complexity index is 638. The molecule has 2 aromatic rings. The third-order valence-electron chi connectivity index (χ3n) is 2.93. The predicted octanol–water partition coefficient (Wildman–Crippen LogP) is 2.19. The number of aromatic nitrogens is 2. The van der Waals surface area contributed by atoms with Crippen LogP contribution in [0.2, 0.25) is 0 Å². The molecular formula is C13H15N3O3. The zero-order valence-electron chi connectivity index (χ0n) is 10.8. The van der Waals surface area contributed by atoms with Gasteiger partial charge < -0.3 is 0 Å². The van der Waals surface area contributed by atoms with Gasteiger partial charge in [0.2, 0.25) is 0 Å². The molecule has 0 saturated heterocycles. The Balaban J connectivity index is 2.22. The molecule has 0 spiro atoms. The van der Waals surface area contributed by atoms with Crippen molar-refractivity contribution in [1.82, 2.24) is 9.13 Å². The van der Waals surface area contributed by atoms with Crippen molar-refractivity contribution in [2.75, 3.05) is 0 Å². The van der Waals surface area contributed by atoms with Crippen LogP contribution in [0.1, 0.15) is 25.5 Å². The van der Waals surface area contributed by atoms with Gasteiger partial charge in [-0.1, -0.05) is 12.1 Å². The molecule has 0 fully saturated rings. The van der Waals surface area contributed by atoms with Gasteiger partial charge >= 0.3 is 5.69 Å². The highest BCUT2D eigenvalue weighted by Crippen LogP contribution is 2.12. The molecule has 1 aromatic heterocycles. The molecule has 0 aliphatic rings. The van der Waals surface area contributed by atoms with Crippen LogP contribution in [0.5, 0.6) is 0 Å². The van der Waals surface area contributed by atoms with Crippen LogP contribution in [-0.4, -0.2) is 14.1 Å². The number of nitro groups is 1. The summed E-state index contributed by atoms with van der Waals surface area (Å²) in [6.45, 7) is 4.30. The zero-order chi connectivity index (χ0) is 14.0. The summed E-state index contributed by atoms with van der Waals surface area (Å²) in [7, 11) is 0. The largest absolute Gasteiger partial charge is 0.328 e. The molecule has 0 aliphatic heterocycles. The van der Waals surface area contributed by atoms with Gasteiger partial charge in [0, 0.05) is 30.6 Å². The molecule has 0 atom stereocenters. The van der Waals surface area contributed by atoms with Gasteiger partial charge in [0.15, 0.2) is 0 Å². The molecule has 0 aliphatic carbocycles. The van der Waals surface area contributed by atoms with E-state index in [2.05, 4.69) is 0 Å². The molecule has 0 saturated carbocycles. The van der Waals surface area contributed by atoms with Gasteiger partial charge in [-0.3, -0.25) is 19.2 Å². The van der Waals surface area contributed by atoms with Crippen LogP contribution in [0.4, 0.5) is 5.69 Å². The second-order valence-corrected chi connectivity index (χ2v) is 4.63. The summed E-state index contributed by atoms with van der Waals surface area (Å²) in [5, 5.41) is 10.5. The lowest BCUT2D eigenvalue weighted by molar-refractivity contribution is -0.384. The SMILES string of the molecule is CC(C)n1ccn(Cc2ccc([N+](=O)[O-])cc2)c1=O. The van der Waals surface area contributed by atoms with E-state index in [4.69, 9.17) is 0 Å². The standard InChI is InChI=1S/C13H15N3O3/c1-10(2)15-8-7-14(13(15)17)9-11-3-5-12(6-4-11)16(18)19/h3-8,10H,9H2,1-2H3. The molecule has 0 unspecified atom stereocenters. The van der Waals surface area contributed by atoms with Gasteiger partial charge in [-0.2, -0.15) is 0 Å². The summed E-state index contributed by atoms with van der Waals surface area (Å²) in [5.74, 6) is 0. The third-order valence-corrected chi connectivity index (χ3v) is 2.93. The van der Waals surface area contributed by atoms with Gasteiger partial charge in [-0.05, 0) is 19.4 Å². The molecule has 6 heteroatoms. The molecule has 1 heterocycles. The summed E-state index contributed by atoms with van der Waals surface area (Å²) in [4.78, 5) is 22.1. The zero-order valence-corrected chi connectivity index (χ0v) is 10.8. The van der Waals surface area contributed by atoms with E-state index in [1.165, 1.54) is 12.1 Å². The van der Waals surface area contributed by atoms with Crippen LogP contribution < -0.4 is 5.69 Å². The molecule has 2 rings (SSSR count). The Morgan fingerprint density at radius 2 is 1.84 bits per heavy atom. The summed E-state index contributed by atoms with van der Waals surface area (Å²) in [6.07, 6.45) is 3.47. The maximum atomic E-state index is 12.0. The van der Waals surface area contributed by atoms with Crippen LogP contribution in [0.3, 0.4) is 0 Å². The summed E-state index contributed by atoms with van der Waals surface area (Å²) < 4.78 is 3.23. The number of benzene rings is 1. The molecule has 0 N–H and O–H groups in total. The third kappa shape index (κ3) is 2.73. The van der Waals surface area contributed by atoms with Crippen molar-refractivity contribution < 1.29 is 4.92 Å². The fourth-order valence-electron chi connectivity index (χ4n) is 1.86. The number of rotatable bonds is 4. The van der Waals surface area contributed by atoms with E-state index in [0.29, 0.717) is 6.54 Å². The molecule has 0 bridgehead atoms. The van der Waals surface area contributed by atoms with E-state index in [1.54, 1.807) is 33.7 Å². The van der Waals surface area contributed by atoms with E-state index in [0.717, 1.165) is 5.56 Å². The molecule has 19 heavy (non-hydrogen) atoms. The molecule has 100 valence electrons. The normalized spacial score (nSPS) is 10.9. The average Bonchev–Trinajstić information content (AvgIpc) is 2.72. The highest BCUT2D eigenvalue weighted by atomic mass is 16.6. The summed E-state index contributed by atoms with van der Waals surface area (Å²) in [6, 6.07) is 6.33. The van der Waals surface area contributed by atoms with Gasteiger partial charge in [0.25, 0.3) is 5.69 Å². The molecule has 0 amide bonds. The number of non-ortho nitro benzene ring substituents is 1. The second-order valence-electron chi connectivity index (χ2n) is 4.63. The first-order valence-electron chi connectivity index (χ1n) is 5.99. The lowest BCUT2D eigenvalue weighted by Crippen LogP contribution is -2.25. The van der Waals surface area contributed by atoms with E-state index in [9.17, 15) is 14.9 Å². The lowest BCUT2D eigenvalue weighted by Gasteiger charge is -2.05. The van der Waals surface area contributed by atoms with Gasteiger partial charge in [0.1, 0.15) is 0 Å². The Morgan fingerprint density at radius 3 is 2.32 bits per heavy atom. The minimum atomic E-state index is -0.439. The highest BCUT2D eigenvalue weighted by Gasteiger charge is 2.08. The first kappa shape index (κ1) is 13.1. The first-order chi connectivity index (χ1) is 8.99. The topological polar surface area (TPSA) is 70.1 Å². The van der Waals surface area contributed by atoms with Crippen LogP contribution in [0.25, 0.3) is 0 Å². The van der Waals surface area contributed by atoms with Crippen molar-refractivity contribution in [1.29, 1.82) is 0 Å². The molecular weight excluding hydrogens is 246 g/mol. The summed E-state index contributed by atoms with van der Waals surface area (Å²) in [5.41, 5.74) is 0.832. The fraction of sp³-hybridized carbons (Fsp3) is 0.308. The van der Waals surface area contributed by atoms with Crippen LogP contribution in [0.15, 0.2) is 41.5 Å². The van der Waals surface area contributed by atoms with Crippen molar-refractivity contribution in [3.63, 3.8) is 0 Å². The number of hydrogen-bond donors (Lipinski definition) is 0. The minimum absolute atomic E-state index is 0.0517. The van der Waals surface area contributed by atoms with E-state index < -0.39 is 4.92 Å². The monoisotopic (exact) mass is 261 g/mol. The van der Waals surface area contributed by atoms with E-state index in [-0.39, 0.29) is 17.4 Å². The first-order valence-corrected chi connectivity index (χ1v) is 5.99. The number of imidazole rings is 1. The van der Waals surface area contributed by atoms with E-state index in [1.807, 2.05) is 13.8 Å². The van der Waals surface area contributed by atoms with Crippen molar-refractivity contribution >= 4 is 5.69 Å². The lowest BCUT2D eigenvalue weighted by atomic mass is 10.2. The summed E-state index contributed by atoms with van der Waals surface area (Å²) >= 11 is 0. The molecule has 0 radical (unpaired) electrons. The quantitative estimate of drug-likeness (QED) is 0.625. The fourth-order valence-corrected chi connectivity index (χ4v) is 1.86. The highest BCUT2D eigenvalue weighted by molar-refractivity contribution is 5.32. The van der Waals surface area contributed by atoms with Crippen LogP contribution in [-0.2, 0) is 6.54 Å². The second kappa shape index (κ2) is 5.09. The van der Waals surface area contributed by atoms with Gasteiger partial charge in [-0.25, -0.2) is 4.79 Å². The van der Waals surface area contributed by atoms with Crippen LogP contribution >= 0.6 is 0 Å². The maximum Gasteiger partial charge on any atom is 0.328 e. The molecule has 6 nitrogen and oxygen atoms in total. The smallest absolute Gasteiger partial charge is 0.297 e. The average molecular weight is 261 g/mol. The number of nitro benzene ring substituents is 1. The van der Waals surface area contributed by atoms with Crippen molar-refractivity contribution in [2.24, 2.45) is 0 Å². The van der Waals surface area contributed by atoms with Crippen molar-refractivity contribution in [2.45, 2.75) is 26.4 Å². The van der Waals surface area contributed by atoms with Crippen molar-refractivity contribution in [3.8, 4) is 0 Å². The Labute approximate surface area is 110 Å². The number of nitrogens with zero attached hydrogens (tertiary/aromatic N) is 3. The van der Waals surface area contributed by atoms with Gasteiger partial charge in [-0.15, -0.1) is 0 Å². The van der Waals surface area contributed by atoms with E-state index >= 15 is 0 Å².